The Hall–Kier alpha value is -0.300. The second kappa shape index (κ2) is 19.5. The predicted molar refractivity (Wildman–Crippen MR) is 119 cm³/mol. The van der Waals surface area contributed by atoms with Gasteiger partial charge in [-0.05, 0) is 37.5 Å². The maximum atomic E-state index is 5.74. The van der Waals surface area contributed by atoms with Crippen molar-refractivity contribution in [3.8, 4) is 0 Å². The van der Waals surface area contributed by atoms with Gasteiger partial charge in [0.15, 0.2) is 0 Å². The smallest absolute Gasteiger partial charge is 0.0466 e. The molecule has 0 heterocycles. The molecule has 0 rings (SSSR count). The Labute approximate surface area is 166 Å². The highest BCUT2D eigenvalue weighted by atomic mass is 16.5. The molecule has 0 amide bonds. The van der Waals surface area contributed by atoms with Gasteiger partial charge in [-0.15, -0.1) is 6.58 Å². The third kappa shape index (κ3) is 23.7. The van der Waals surface area contributed by atoms with Crippen molar-refractivity contribution in [2.24, 2.45) is 5.41 Å². The lowest BCUT2D eigenvalue weighted by molar-refractivity contribution is 0.118. The van der Waals surface area contributed by atoms with E-state index in [2.05, 4.69) is 27.4 Å². The molecule has 26 heavy (non-hydrogen) atoms. The van der Waals surface area contributed by atoms with E-state index in [1.54, 1.807) is 0 Å². The molecule has 0 unspecified atom stereocenters. The largest absolute Gasteiger partial charge is 0.381 e. The third-order valence-corrected chi connectivity index (χ3v) is 5.16. The second-order valence-corrected chi connectivity index (χ2v) is 9.30. The molecule has 0 aliphatic rings. The van der Waals surface area contributed by atoms with Gasteiger partial charge in [-0.2, -0.15) is 0 Å². The van der Waals surface area contributed by atoms with Gasteiger partial charge < -0.3 is 4.74 Å². The second-order valence-electron chi connectivity index (χ2n) is 9.30. The molecule has 0 aromatic rings. The van der Waals surface area contributed by atoms with E-state index in [4.69, 9.17) is 4.74 Å². The Morgan fingerprint density at radius 2 is 0.962 bits per heavy atom. The topological polar surface area (TPSA) is 9.23 Å². The summed E-state index contributed by atoms with van der Waals surface area (Å²) < 4.78 is 5.74. The Balaban J connectivity index is 3.02. The van der Waals surface area contributed by atoms with Crippen molar-refractivity contribution in [1.82, 2.24) is 0 Å². The van der Waals surface area contributed by atoms with Crippen LogP contribution in [0.3, 0.4) is 0 Å². The van der Waals surface area contributed by atoms with Gasteiger partial charge in [0.2, 0.25) is 0 Å². The summed E-state index contributed by atoms with van der Waals surface area (Å²) in [6.45, 7) is 12.6. The van der Waals surface area contributed by atoms with E-state index in [1.807, 2.05) is 6.08 Å². The molecular formula is C25H50O. The van der Waals surface area contributed by atoms with Gasteiger partial charge in [0.05, 0.1) is 0 Å². The van der Waals surface area contributed by atoms with Crippen LogP contribution in [-0.2, 0) is 4.74 Å². The van der Waals surface area contributed by atoms with Gasteiger partial charge >= 0.3 is 0 Å². The number of rotatable bonds is 20. The first kappa shape index (κ1) is 25.7. The summed E-state index contributed by atoms with van der Waals surface area (Å²) in [5.41, 5.74) is 0.453. The van der Waals surface area contributed by atoms with E-state index in [0.717, 1.165) is 13.2 Å². The van der Waals surface area contributed by atoms with Crippen molar-refractivity contribution in [3.05, 3.63) is 12.7 Å². The average Bonchev–Trinajstić information content (AvgIpc) is 2.59. The van der Waals surface area contributed by atoms with Crippen LogP contribution in [-0.4, -0.2) is 13.2 Å². The third-order valence-electron chi connectivity index (χ3n) is 5.16. The van der Waals surface area contributed by atoms with Crippen LogP contribution in [0.15, 0.2) is 12.7 Å². The lowest BCUT2D eigenvalue weighted by atomic mass is 9.91. The molecule has 156 valence electrons. The van der Waals surface area contributed by atoms with Gasteiger partial charge in [0.1, 0.15) is 0 Å². The van der Waals surface area contributed by atoms with Crippen molar-refractivity contribution in [3.63, 3.8) is 0 Å². The van der Waals surface area contributed by atoms with Crippen LogP contribution in [0.1, 0.15) is 130 Å². The Bertz CT molecular complexity index is 276. The van der Waals surface area contributed by atoms with E-state index in [9.17, 15) is 0 Å². The zero-order chi connectivity index (χ0) is 19.3. The summed E-state index contributed by atoms with van der Waals surface area (Å²) in [7, 11) is 0. The molecule has 1 nitrogen and oxygen atoms in total. The molecule has 0 saturated heterocycles. The van der Waals surface area contributed by atoms with Gasteiger partial charge in [-0.1, -0.05) is 104 Å². The van der Waals surface area contributed by atoms with Crippen LogP contribution in [0, 0.1) is 5.41 Å². The molecule has 0 bridgehead atoms. The summed E-state index contributed by atoms with van der Waals surface area (Å²) in [6.07, 6.45) is 25.4. The first-order valence-corrected chi connectivity index (χ1v) is 11.7. The van der Waals surface area contributed by atoms with Crippen LogP contribution in [0.2, 0.25) is 0 Å². The first-order chi connectivity index (χ1) is 12.6. The van der Waals surface area contributed by atoms with Crippen LogP contribution in [0.5, 0.6) is 0 Å². The first-order valence-electron chi connectivity index (χ1n) is 11.7. The SMILES string of the molecule is C=CCCCCCCCCCCCCCCCCOCCCC(C)(C)C. The molecule has 0 radical (unpaired) electrons. The van der Waals surface area contributed by atoms with E-state index >= 15 is 0 Å². The molecule has 0 aliphatic carbocycles. The normalized spacial score (nSPS) is 11.8. The molecule has 0 N–H and O–H groups in total. The van der Waals surface area contributed by atoms with Crippen LogP contribution >= 0.6 is 0 Å². The van der Waals surface area contributed by atoms with Crippen LogP contribution in [0.4, 0.5) is 0 Å². The lowest BCUT2D eigenvalue weighted by Crippen LogP contribution is -2.07. The molecule has 0 spiro atoms. The molecule has 0 aromatic carbocycles. The molecule has 1 heteroatoms. The predicted octanol–water partition coefficient (Wildman–Crippen LogP) is 8.87. The number of hydrogen-bond acceptors (Lipinski definition) is 1. The van der Waals surface area contributed by atoms with Gasteiger partial charge in [0.25, 0.3) is 0 Å². The highest BCUT2D eigenvalue weighted by molar-refractivity contribution is 4.65. The molecular weight excluding hydrogens is 316 g/mol. The minimum Gasteiger partial charge on any atom is -0.381 e. The van der Waals surface area contributed by atoms with Crippen molar-refractivity contribution >= 4 is 0 Å². The molecule has 0 saturated carbocycles. The molecule has 0 aromatic heterocycles. The number of unbranched alkanes of at least 4 members (excludes halogenated alkanes) is 14. The fourth-order valence-corrected chi connectivity index (χ4v) is 3.42. The van der Waals surface area contributed by atoms with Crippen molar-refractivity contribution in [2.45, 2.75) is 130 Å². The Kier molecular flexibility index (Phi) is 19.2. The average molecular weight is 367 g/mol. The standard InChI is InChI=1S/C25H50O/c1-5-6-7-8-9-10-11-12-13-14-15-16-17-18-19-20-23-26-24-21-22-25(2,3)4/h5H,1,6-24H2,2-4H3. The highest BCUT2D eigenvalue weighted by Crippen LogP contribution is 2.20. The minimum absolute atomic E-state index is 0.453. The minimum atomic E-state index is 0.453. The van der Waals surface area contributed by atoms with E-state index in [-0.39, 0.29) is 0 Å². The number of allylic oxidation sites excluding steroid dienone is 1. The quantitative estimate of drug-likeness (QED) is 0.154. The summed E-state index contributed by atoms with van der Waals surface area (Å²) in [5.74, 6) is 0. The highest BCUT2D eigenvalue weighted by Gasteiger charge is 2.08. The summed E-state index contributed by atoms with van der Waals surface area (Å²) in [6, 6.07) is 0. The maximum Gasteiger partial charge on any atom is 0.0466 e. The summed E-state index contributed by atoms with van der Waals surface area (Å²) in [4.78, 5) is 0. The van der Waals surface area contributed by atoms with E-state index in [1.165, 1.54) is 109 Å². The molecule has 0 atom stereocenters. The van der Waals surface area contributed by atoms with Crippen molar-refractivity contribution in [2.75, 3.05) is 13.2 Å². The molecule has 0 aliphatic heterocycles. The van der Waals surface area contributed by atoms with E-state index < -0.39 is 0 Å². The monoisotopic (exact) mass is 366 g/mol. The van der Waals surface area contributed by atoms with Crippen LogP contribution < -0.4 is 0 Å². The fourth-order valence-electron chi connectivity index (χ4n) is 3.42. The van der Waals surface area contributed by atoms with Crippen molar-refractivity contribution in [1.29, 1.82) is 0 Å². The van der Waals surface area contributed by atoms with Gasteiger partial charge in [0, 0.05) is 13.2 Å². The fraction of sp³-hybridized carbons (Fsp3) is 0.920. The number of ether oxygens (including phenoxy) is 1. The van der Waals surface area contributed by atoms with E-state index in [0.29, 0.717) is 5.41 Å². The maximum absolute atomic E-state index is 5.74. The van der Waals surface area contributed by atoms with Crippen LogP contribution in [0.25, 0.3) is 0 Å². The zero-order valence-electron chi connectivity index (χ0n) is 18.6. The van der Waals surface area contributed by atoms with Crippen molar-refractivity contribution < 1.29 is 4.74 Å². The summed E-state index contributed by atoms with van der Waals surface area (Å²) in [5, 5.41) is 0. The molecule has 0 fully saturated rings. The lowest BCUT2D eigenvalue weighted by Gasteiger charge is -2.17. The van der Waals surface area contributed by atoms with Gasteiger partial charge in [-0.3, -0.25) is 0 Å². The number of hydrogen-bond donors (Lipinski definition) is 0. The van der Waals surface area contributed by atoms with Gasteiger partial charge in [-0.25, -0.2) is 0 Å². The zero-order valence-corrected chi connectivity index (χ0v) is 18.6. The Morgan fingerprint density at radius 3 is 1.38 bits per heavy atom. The Morgan fingerprint density at radius 1 is 0.577 bits per heavy atom. The summed E-state index contributed by atoms with van der Waals surface area (Å²) >= 11 is 0.